The highest BCUT2D eigenvalue weighted by molar-refractivity contribution is 6.04. The van der Waals surface area contributed by atoms with Crippen LogP contribution in [0, 0.1) is 5.82 Å². The second-order valence-electron chi connectivity index (χ2n) is 6.70. The van der Waals surface area contributed by atoms with Gasteiger partial charge in [-0.1, -0.05) is 12.1 Å². The number of amides is 1. The fourth-order valence-corrected chi connectivity index (χ4v) is 3.52. The maximum absolute atomic E-state index is 13.2. The van der Waals surface area contributed by atoms with Gasteiger partial charge in [-0.15, -0.1) is 0 Å². The van der Waals surface area contributed by atoms with E-state index in [9.17, 15) is 19.1 Å². The molecular weight excluding hydrogens is 379 g/mol. The maximum atomic E-state index is 13.2. The van der Waals surface area contributed by atoms with Crippen LogP contribution in [-0.2, 0) is 17.7 Å². The molecule has 0 bridgehead atoms. The summed E-state index contributed by atoms with van der Waals surface area (Å²) in [5, 5.41) is 16.3. The van der Waals surface area contributed by atoms with E-state index in [-0.39, 0.29) is 23.6 Å². The molecule has 3 aromatic rings. The molecule has 4 rings (SSSR count). The lowest BCUT2D eigenvalue weighted by Gasteiger charge is -2.24. The summed E-state index contributed by atoms with van der Waals surface area (Å²) < 4.78 is 19.4. The van der Waals surface area contributed by atoms with E-state index in [1.54, 1.807) is 18.3 Å². The fraction of sp³-hybridized carbons (Fsp3) is 0.250. The summed E-state index contributed by atoms with van der Waals surface area (Å²) in [4.78, 5) is 29.6. The number of ether oxygens (including phenoxy) is 1. The molecule has 1 aliphatic heterocycles. The molecular formula is C20H19FN4O4. The van der Waals surface area contributed by atoms with Gasteiger partial charge in [-0.2, -0.15) is 0 Å². The second kappa shape index (κ2) is 7.51. The summed E-state index contributed by atoms with van der Waals surface area (Å²) in [7, 11) is 1.40. The third-order valence-corrected chi connectivity index (χ3v) is 4.87. The van der Waals surface area contributed by atoms with Gasteiger partial charge in [0.05, 0.1) is 11.2 Å². The van der Waals surface area contributed by atoms with Crippen molar-refractivity contribution in [2.45, 2.75) is 13.0 Å². The molecule has 3 N–H and O–H groups in total. The van der Waals surface area contributed by atoms with Crippen LogP contribution in [0.4, 0.5) is 10.1 Å². The molecule has 0 fully saturated rings. The van der Waals surface area contributed by atoms with E-state index < -0.39 is 17.2 Å². The number of halogens is 1. The van der Waals surface area contributed by atoms with Crippen molar-refractivity contribution in [3.63, 3.8) is 0 Å². The Balaban J connectivity index is 1.86. The van der Waals surface area contributed by atoms with E-state index >= 15 is 0 Å². The van der Waals surface area contributed by atoms with Gasteiger partial charge in [0, 0.05) is 38.4 Å². The van der Waals surface area contributed by atoms with Crippen molar-refractivity contribution in [3.05, 3.63) is 63.3 Å². The minimum absolute atomic E-state index is 0.0907. The molecule has 0 atom stereocenters. The monoisotopic (exact) mass is 398 g/mol. The molecule has 0 saturated heterocycles. The number of carbonyl (C=O) groups is 1. The van der Waals surface area contributed by atoms with Crippen molar-refractivity contribution in [1.29, 1.82) is 0 Å². The zero-order chi connectivity index (χ0) is 20.5. The van der Waals surface area contributed by atoms with Gasteiger partial charge >= 0.3 is 0 Å². The fourth-order valence-electron chi connectivity index (χ4n) is 3.52. The quantitative estimate of drug-likeness (QED) is 0.564. The van der Waals surface area contributed by atoms with E-state index in [1.165, 1.54) is 23.8 Å². The predicted octanol–water partition coefficient (Wildman–Crippen LogP) is 1.59. The first kappa shape index (κ1) is 18.9. The van der Waals surface area contributed by atoms with E-state index in [1.807, 2.05) is 0 Å². The molecule has 2 aromatic heterocycles. The number of aromatic nitrogens is 2. The van der Waals surface area contributed by atoms with Gasteiger partial charge in [-0.3, -0.25) is 14.6 Å². The third-order valence-electron chi connectivity index (χ3n) is 4.87. The van der Waals surface area contributed by atoms with Crippen molar-refractivity contribution in [2.75, 3.05) is 25.7 Å². The minimum Gasteiger partial charge on any atom is -0.505 e. The Bertz CT molecular complexity index is 1160. The lowest BCUT2D eigenvalue weighted by molar-refractivity contribution is 0.0867. The van der Waals surface area contributed by atoms with Crippen molar-refractivity contribution < 1.29 is 19.0 Å². The largest absolute Gasteiger partial charge is 0.505 e. The van der Waals surface area contributed by atoms with Gasteiger partial charge in [0.2, 0.25) is 0 Å². The van der Waals surface area contributed by atoms with Gasteiger partial charge in [0.15, 0.2) is 5.75 Å². The lowest BCUT2D eigenvalue weighted by atomic mass is 10.0. The number of hydrogen-bond acceptors (Lipinski definition) is 6. The number of pyridine rings is 2. The Labute approximate surface area is 164 Å². The number of aromatic hydroxyl groups is 1. The van der Waals surface area contributed by atoms with Gasteiger partial charge < -0.3 is 25.0 Å². The first-order valence-corrected chi connectivity index (χ1v) is 9.04. The Hall–Kier alpha value is -3.46. The number of methoxy groups -OCH3 is 1. The van der Waals surface area contributed by atoms with E-state index in [4.69, 9.17) is 4.74 Å². The number of rotatable bonds is 5. The topological polar surface area (TPSA) is 105 Å². The Morgan fingerprint density at radius 1 is 1.38 bits per heavy atom. The zero-order valence-electron chi connectivity index (χ0n) is 15.7. The summed E-state index contributed by atoms with van der Waals surface area (Å²) >= 11 is 0. The normalized spacial score (nSPS) is 12.6. The highest BCUT2D eigenvalue weighted by atomic mass is 19.1. The van der Waals surface area contributed by atoms with Crippen LogP contribution in [0.3, 0.4) is 0 Å². The van der Waals surface area contributed by atoms with E-state index in [2.05, 4.69) is 15.6 Å². The number of benzene rings is 1. The molecule has 1 aromatic carbocycles. The van der Waals surface area contributed by atoms with Crippen LogP contribution in [-0.4, -0.2) is 41.0 Å². The average Bonchev–Trinajstić information content (AvgIpc) is 2.73. The van der Waals surface area contributed by atoms with Crippen LogP contribution >= 0.6 is 0 Å². The molecule has 0 radical (unpaired) electrons. The summed E-state index contributed by atoms with van der Waals surface area (Å²) in [6, 6.07) is 6.14. The molecule has 9 heteroatoms. The minimum atomic E-state index is -0.725. The summed E-state index contributed by atoms with van der Waals surface area (Å²) in [6.07, 6.45) is 2.06. The molecule has 3 heterocycles. The molecule has 1 aliphatic rings. The number of carbonyl (C=O) groups excluding carboxylic acids is 1. The predicted molar refractivity (Wildman–Crippen MR) is 105 cm³/mol. The van der Waals surface area contributed by atoms with Gasteiger partial charge in [-0.25, -0.2) is 4.39 Å². The summed E-state index contributed by atoms with van der Waals surface area (Å²) in [5.41, 5.74) is 2.01. The first-order valence-electron chi connectivity index (χ1n) is 9.04. The Morgan fingerprint density at radius 3 is 2.86 bits per heavy atom. The van der Waals surface area contributed by atoms with Gasteiger partial charge in [0.25, 0.3) is 11.5 Å². The molecule has 29 heavy (non-hydrogen) atoms. The summed E-state index contributed by atoms with van der Waals surface area (Å²) in [6.45, 7) is 0.716. The average molecular weight is 398 g/mol. The Morgan fingerprint density at radius 2 is 2.14 bits per heavy atom. The second-order valence-corrected chi connectivity index (χ2v) is 6.70. The van der Waals surface area contributed by atoms with Crippen LogP contribution in [0.5, 0.6) is 5.75 Å². The summed E-state index contributed by atoms with van der Waals surface area (Å²) in [5.74, 6) is -1.51. The molecule has 0 aliphatic carbocycles. The van der Waals surface area contributed by atoms with Crippen LogP contribution < -0.4 is 16.2 Å². The lowest BCUT2D eigenvalue weighted by Crippen LogP contribution is -2.37. The standard InChI is InChI=1S/C20H19FN4O4/c1-29-10-24-19(27)14-18(26)16-17-15(22-6-7-25(17)20(14)28)12(9-23-16)8-11-2-4-13(21)5-3-11/h2-5,9,22,26H,6-8,10H2,1H3,(H,24,27). The number of nitrogens with one attached hydrogen (secondary N) is 2. The van der Waals surface area contributed by atoms with Crippen LogP contribution in [0.25, 0.3) is 11.0 Å². The zero-order valence-corrected chi connectivity index (χ0v) is 15.7. The van der Waals surface area contributed by atoms with Crippen molar-refractivity contribution in [3.8, 4) is 5.75 Å². The molecule has 0 unspecified atom stereocenters. The number of anilines is 1. The molecule has 150 valence electrons. The molecule has 1 amide bonds. The van der Waals surface area contributed by atoms with Crippen molar-refractivity contribution in [2.24, 2.45) is 0 Å². The van der Waals surface area contributed by atoms with Crippen LogP contribution in [0.15, 0.2) is 35.3 Å². The molecule has 0 spiro atoms. The maximum Gasteiger partial charge on any atom is 0.267 e. The molecule has 8 nitrogen and oxygen atoms in total. The molecule has 0 saturated carbocycles. The van der Waals surface area contributed by atoms with Crippen LogP contribution in [0.1, 0.15) is 21.5 Å². The van der Waals surface area contributed by atoms with Crippen molar-refractivity contribution >= 4 is 22.6 Å². The van der Waals surface area contributed by atoms with E-state index in [0.29, 0.717) is 30.7 Å². The van der Waals surface area contributed by atoms with Gasteiger partial charge in [0.1, 0.15) is 23.6 Å². The van der Waals surface area contributed by atoms with Crippen molar-refractivity contribution in [1.82, 2.24) is 14.9 Å². The smallest absolute Gasteiger partial charge is 0.267 e. The van der Waals surface area contributed by atoms with Gasteiger partial charge in [-0.05, 0) is 17.7 Å². The Kier molecular flexibility index (Phi) is 4.89. The highest BCUT2D eigenvalue weighted by Gasteiger charge is 2.27. The van der Waals surface area contributed by atoms with Crippen LogP contribution in [0.2, 0.25) is 0 Å². The SMILES string of the molecule is COCNC(=O)c1c(O)c2ncc(Cc3ccc(F)cc3)c3c2n(c1=O)CCN3. The number of nitrogens with zero attached hydrogens (tertiary/aromatic N) is 2. The third kappa shape index (κ3) is 3.29. The van der Waals surface area contributed by atoms with E-state index in [0.717, 1.165) is 11.1 Å². The first-order chi connectivity index (χ1) is 14.0. The number of hydrogen-bond donors (Lipinski definition) is 3. The highest BCUT2D eigenvalue weighted by Crippen LogP contribution is 2.34.